The van der Waals surface area contributed by atoms with E-state index >= 15 is 0 Å². The van der Waals surface area contributed by atoms with Crippen LogP contribution >= 0.6 is 0 Å². The van der Waals surface area contributed by atoms with Gasteiger partial charge in [-0.05, 0) is 26.2 Å². The summed E-state index contributed by atoms with van der Waals surface area (Å²) in [7, 11) is 0. The summed E-state index contributed by atoms with van der Waals surface area (Å²) in [5.74, 6) is -0.655. The third-order valence-corrected chi connectivity index (χ3v) is 7.86. The van der Waals surface area contributed by atoms with Crippen LogP contribution in [0.5, 0.6) is 0 Å². The largest absolute Gasteiger partial charge is 0.481 e. The highest BCUT2D eigenvalue weighted by Crippen LogP contribution is 2.39. The highest BCUT2D eigenvalue weighted by Gasteiger charge is 2.55. The molecule has 10 heteroatoms. The van der Waals surface area contributed by atoms with E-state index in [2.05, 4.69) is 11.9 Å². The summed E-state index contributed by atoms with van der Waals surface area (Å²) in [4.78, 5) is 36.3. The second kappa shape index (κ2) is 20.8. The third-order valence-electron chi connectivity index (χ3n) is 7.86. The molecule has 5 N–H and O–H groups in total. The molecule has 4 atom stereocenters. The van der Waals surface area contributed by atoms with Crippen LogP contribution in [0.2, 0.25) is 0 Å². The number of aliphatic carboxylic acids is 1. The second-order valence-electron chi connectivity index (χ2n) is 11.4. The Balaban J connectivity index is 0.000000425. The average molecular weight is 585 g/mol. The molecule has 10 nitrogen and oxygen atoms in total. The number of rotatable bonds is 20. The molecular formula is C31H56N2O8. The molecular weight excluding hydrogens is 528 g/mol. The van der Waals surface area contributed by atoms with E-state index in [1.807, 2.05) is 6.92 Å². The Bertz CT molecular complexity index is 962. The summed E-state index contributed by atoms with van der Waals surface area (Å²) in [6, 6.07) is 0. The highest BCUT2D eigenvalue weighted by atomic mass is 16.6. The van der Waals surface area contributed by atoms with E-state index in [1.54, 1.807) is 0 Å². The van der Waals surface area contributed by atoms with E-state index in [1.165, 1.54) is 83.7 Å². The number of carboxylic acids is 1. The lowest BCUT2D eigenvalue weighted by Gasteiger charge is -2.34. The summed E-state index contributed by atoms with van der Waals surface area (Å²) in [5.41, 5.74) is -2.45. The van der Waals surface area contributed by atoms with Crippen LogP contribution in [0, 0.1) is 6.92 Å². The number of nitrogens with one attached hydrogen (secondary N) is 1. The molecule has 0 saturated carbocycles. The van der Waals surface area contributed by atoms with Gasteiger partial charge in [0.05, 0.1) is 6.61 Å². The van der Waals surface area contributed by atoms with Gasteiger partial charge in [0.15, 0.2) is 5.72 Å². The van der Waals surface area contributed by atoms with E-state index in [0.717, 1.165) is 30.3 Å². The summed E-state index contributed by atoms with van der Waals surface area (Å²) in [5, 5.41) is 38.4. The number of aliphatic hydroxyl groups is 3. The maximum Gasteiger partial charge on any atom is 0.330 e. The molecule has 1 aromatic rings. The fourth-order valence-electron chi connectivity index (χ4n) is 5.31. The molecule has 41 heavy (non-hydrogen) atoms. The van der Waals surface area contributed by atoms with Crippen LogP contribution in [0.4, 0.5) is 0 Å². The van der Waals surface area contributed by atoms with Gasteiger partial charge in [-0.3, -0.25) is 19.1 Å². The Morgan fingerprint density at radius 1 is 0.878 bits per heavy atom. The summed E-state index contributed by atoms with van der Waals surface area (Å²) >= 11 is 0. The normalized spacial score (nSPS) is 22.0. The number of nitrogens with zero attached hydrogens (tertiary/aromatic N) is 1. The van der Waals surface area contributed by atoms with Crippen LogP contribution in [-0.4, -0.2) is 60.9 Å². The van der Waals surface area contributed by atoms with Crippen molar-refractivity contribution in [3.63, 3.8) is 0 Å². The van der Waals surface area contributed by atoms with Crippen LogP contribution in [-0.2, 0) is 15.3 Å². The number of carboxylic acid groups (broad SMARTS) is 1. The number of ether oxygens (including phenoxy) is 1. The molecule has 1 fully saturated rings. The minimum Gasteiger partial charge on any atom is -0.481 e. The standard InChI is InChI=1S/C16H32O2.C15H24N2O6/c1-2-3-4-5-6-7-8-9-10-11-12-13-14-15-16(17)18;1-3-4-5-6-15(12(20)11(19)10(8-18)23-15)17-7-9(2)13(21)16-14(17)22/h2-15H2,1H3,(H,17,18);7,10-12,18-20H,3-6,8H2,1-2H3,(H,16,21,22)/t;10-,11-,12-,15-/m.1/s1. The lowest BCUT2D eigenvalue weighted by Crippen LogP contribution is -2.52. The monoisotopic (exact) mass is 584 g/mol. The van der Waals surface area contributed by atoms with E-state index in [-0.39, 0.29) is 12.0 Å². The van der Waals surface area contributed by atoms with Crippen molar-refractivity contribution in [2.24, 2.45) is 0 Å². The predicted molar refractivity (Wildman–Crippen MR) is 160 cm³/mol. The number of aromatic nitrogens is 2. The molecule has 1 aliphatic rings. The fourth-order valence-corrected chi connectivity index (χ4v) is 5.31. The number of aliphatic hydroxyl groups excluding tert-OH is 3. The van der Waals surface area contributed by atoms with Crippen LogP contribution in [0.3, 0.4) is 0 Å². The van der Waals surface area contributed by atoms with Gasteiger partial charge in [-0.25, -0.2) is 4.79 Å². The maximum atomic E-state index is 12.2. The fraction of sp³-hybridized carbons (Fsp3) is 0.839. The second-order valence-corrected chi connectivity index (χ2v) is 11.4. The molecule has 0 spiro atoms. The molecule has 1 aromatic heterocycles. The summed E-state index contributed by atoms with van der Waals surface area (Å²) in [6.07, 6.45) is 17.6. The average Bonchev–Trinajstić information content (AvgIpc) is 3.19. The van der Waals surface area contributed by atoms with Crippen LogP contribution < -0.4 is 11.2 Å². The zero-order valence-electron chi connectivity index (χ0n) is 25.6. The SMILES string of the molecule is CCCCCCCCCCCCCCCC(=O)O.CCCCC[C@@]1(n2cc(C)c(=O)[nH]c2=O)O[C@H](CO)[C@@H](O)[C@H]1O. The van der Waals surface area contributed by atoms with Crippen molar-refractivity contribution < 1.29 is 30.0 Å². The van der Waals surface area contributed by atoms with Gasteiger partial charge in [-0.15, -0.1) is 0 Å². The quantitative estimate of drug-likeness (QED) is 0.137. The Morgan fingerprint density at radius 3 is 1.83 bits per heavy atom. The lowest BCUT2D eigenvalue weighted by molar-refractivity contribution is -0.156. The van der Waals surface area contributed by atoms with Crippen molar-refractivity contribution in [3.05, 3.63) is 32.6 Å². The van der Waals surface area contributed by atoms with E-state index < -0.39 is 47.9 Å². The number of unbranched alkanes of at least 4 members (excludes halogenated alkanes) is 14. The van der Waals surface area contributed by atoms with Gasteiger partial charge in [0.1, 0.15) is 18.3 Å². The number of carbonyl (C=O) groups is 1. The molecule has 2 heterocycles. The molecule has 2 rings (SSSR count). The van der Waals surface area contributed by atoms with Gasteiger partial charge in [-0.2, -0.15) is 0 Å². The molecule has 0 bridgehead atoms. The van der Waals surface area contributed by atoms with Gasteiger partial charge in [0.2, 0.25) is 0 Å². The first-order valence-electron chi connectivity index (χ1n) is 15.8. The number of aryl methyl sites for hydroxylation is 1. The predicted octanol–water partition coefficient (Wildman–Crippen LogP) is 4.74. The first kappa shape index (κ1) is 37.0. The smallest absolute Gasteiger partial charge is 0.330 e. The molecule has 1 saturated heterocycles. The van der Waals surface area contributed by atoms with Gasteiger partial charge >= 0.3 is 11.7 Å². The van der Waals surface area contributed by atoms with Crippen molar-refractivity contribution in [2.45, 2.75) is 160 Å². The van der Waals surface area contributed by atoms with Crippen LogP contribution in [0.15, 0.2) is 15.8 Å². The van der Waals surface area contributed by atoms with E-state index in [4.69, 9.17) is 9.84 Å². The minimum atomic E-state index is -1.51. The van der Waals surface area contributed by atoms with Crippen molar-refractivity contribution in [2.75, 3.05) is 6.61 Å². The molecule has 0 aliphatic carbocycles. The van der Waals surface area contributed by atoms with E-state index in [9.17, 15) is 29.7 Å². The van der Waals surface area contributed by atoms with E-state index in [0.29, 0.717) is 12.8 Å². The number of hydrogen-bond donors (Lipinski definition) is 5. The molecule has 0 amide bonds. The van der Waals surface area contributed by atoms with Crippen LogP contribution in [0.25, 0.3) is 0 Å². The first-order chi connectivity index (χ1) is 19.6. The molecule has 238 valence electrons. The first-order valence-corrected chi connectivity index (χ1v) is 15.8. The maximum absolute atomic E-state index is 12.2. The van der Waals surface area contributed by atoms with Gasteiger partial charge < -0.3 is 25.2 Å². The van der Waals surface area contributed by atoms with Crippen molar-refractivity contribution in [3.8, 4) is 0 Å². The van der Waals surface area contributed by atoms with Crippen molar-refractivity contribution in [1.29, 1.82) is 0 Å². The minimum absolute atomic E-state index is 0.279. The van der Waals surface area contributed by atoms with Crippen molar-refractivity contribution >= 4 is 5.97 Å². The van der Waals surface area contributed by atoms with Gasteiger partial charge in [0.25, 0.3) is 5.56 Å². The molecule has 0 aromatic carbocycles. The van der Waals surface area contributed by atoms with Crippen LogP contribution in [0.1, 0.15) is 135 Å². The third kappa shape index (κ3) is 12.8. The zero-order valence-corrected chi connectivity index (χ0v) is 25.6. The summed E-state index contributed by atoms with van der Waals surface area (Å²) < 4.78 is 6.85. The number of aromatic amines is 1. The zero-order chi connectivity index (χ0) is 30.7. The Kier molecular flexibility index (Phi) is 18.8. The highest BCUT2D eigenvalue weighted by molar-refractivity contribution is 5.66. The van der Waals surface area contributed by atoms with Gasteiger partial charge in [0, 0.05) is 18.2 Å². The summed E-state index contributed by atoms with van der Waals surface area (Å²) in [6.45, 7) is 5.33. The topological polar surface area (TPSA) is 162 Å². The lowest BCUT2D eigenvalue weighted by atomic mass is 9.96. The number of H-pyrrole nitrogens is 1. The number of hydrogen-bond acceptors (Lipinski definition) is 7. The Labute approximate surface area is 245 Å². The van der Waals surface area contributed by atoms with Crippen molar-refractivity contribution in [1.82, 2.24) is 9.55 Å². The molecule has 1 aliphatic heterocycles. The van der Waals surface area contributed by atoms with Gasteiger partial charge in [-0.1, -0.05) is 104 Å². The molecule has 0 unspecified atom stereocenters. The molecule has 0 radical (unpaired) electrons. The Morgan fingerprint density at radius 2 is 1.37 bits per heavy atom. The Hall–Kier alpha value is -2.01.